The summed E-state index contributed by atoms with van der Waals surface area (Å²) < 4.78 is 1.93. The van der Waals surface area contributed by atoms with Gasteiger partial charge in [0, 0.05) is 24.3 Å². The second kappa shape index (κ2) is 5.33. The van der Waals surface area contributed by atoms with Crippen LogP contribution in [0.2, 0.25) is 0 Å². The van der Waals surface area contributed by atoms with E-state index in [1.54, 1.807) is 0 Å². The van der Waals surface area contributed by atoms with E-state index in [9.17, 15) is 9.90 Å². The molecule has 0 amide bonds. The molecule has 1 aromatic heterocycles. The van der Waals surface area contributed by atoms with Crippen LogP contribution in [-0.2, 0) is 11.3 Å². The number of rotatable bonds is 5. The molecule has 0 atom stereocenters. The highest BCUT2D eigenvalue weighted by Crippen LogP contribution is 2.58. The van der Waals surface area contributed by atoms with Crippen LogP contribution in [0.15, 0.2) is 12.4 Å². The summed E-state index contributed by atoms with van der Waals surface area (Å²) in [5.41, 5.74) is 0.362. The normalized spacial score (nSPS) is 38.4. The number of nitrogens with one attached hydrogen (secondary N) is 1. The van der Waals surface area contributed by atoms with Crippen molar-refractivity contribution >= 4 is 5.97 Å². The minimum atomic E-state index is -0.715. The van der Waals surface area contributed by atoms with E-state index in [4.69, 9.17) is 0 Å². The molecule has 23 heavy (non-hydrogen) atoms. The quantitative estimate of drug-likeness (QED) is 0.876. The van der Waals surface area contributed by atoms with E-state index >= 15 is 0 Å². The molecule has 4 fully saturated rings. The van der Waals surface area contributed by atoms with Crippen LogP contribution < -0.4 is 5.32 Å². The van der Waals surface area contributed by atoms with Crippen molar-refractivity contribution in [2.75, 3.05) is 0 Å². The van der Waals surface area contributed by atoms with Crippen molar-refractivity contribution in [2.24, 2.45) is 23.7 Å². The number of hydrogen-bond acceptors (Lipinski definition) is 3. The van der Waals surface area contributed by atoms with Crippen LogP contribution in [0, 0.1) is 23.7 Å². The molecule has 0 radical (unpaired) electrons. The fourth-order valence-corrected chi connectivity index (χ4v) is 5.64. The molecule has 0 unspecified atom stereocenters. The number of nitrogens with zero attached hydrogens (tertiary/aromatic N) is 2. The molecule has 4 bridgehead atoms. The van der Waals surface area contributed by atoms with Crippen LogP contribution in [-0.4, -0.2) is 26.4 Å². The van der Waals surface area contributed by atoms with Crippen LogP contribution in [0.3, 0.4) is 0 Å². The van der Waals surface area contributed by atoms with Gasteiger partial charge in [0.1, 0.15) is 5.54 Å². The average molecular weight is 317 g/mol. The molecule has 0 spiro atoms. The third-order valence-corrected chi connectivity index (χ3v) is 6.55. The zero-order valence-electron chi connectivity index (χ0n) is 14.0. The standard InChI is InChI=1S/C18H27N3O2/c1-11(2)21-10-14(9-20-21)8-19-18(17(22)23)15-4-12-3-13(6-15)7-16(18)5-12/h9-13,15-16,19H,3-8H2,1-2H3,(H,22,23). The van der Waals surface area contributed by atoms with Gasteiger partial charge >= 0.3 is 5.97 Å². The molecule has 5 heteroatoms. The van der Waals surface area contributed by atoms with Crippen molar-refractivity contribution < 1.29 is 9.90 Å². The van der Waals surface area contributed by atoms with Crippen LogP contribution in [0.25, 0.3) is 0 Å². The Morgan fingerprint density at radius 2 is 1.91 bits per heavy atom. The number of hydrogen-bond donors (Lipinski definition) is 2. The van der Waals surface area contributed by atoms with Crippen molar-refractivity contribution in [2.45, 2.75) is 64.1 Å². The summed E-state index contributed by atoms with van der Waals surface area (Å²) in [6.07, 6.45) is 9.61. The van der Waals surface area contributed by atoms with E-state index in [2.05, 4.69) is 24.3 Å². The third kappa shape index (κ3) is 2.32. The van der Waals surface area contributed by atoms with Crippen LogP contribution in [0.1, 0.15) is 57.6 Å². The van der Waals surface area contributed by atoms with Crippen molar-refractivity contribution in [1.29, 1.82) is 0 Å². The van der Waals surface area contributed by atoms with E-state index in [1.807, 2.05) is 17.1 Å². The lowest BCUT2D eigenvalue weighted by Crippen LogP contribution is -2.68. The SMILES string of the molecule is CC(C)n1cc(CNC2(C(=O)O)C3CC4CC(C3)CC2C4)cn1. The first-order valence-corrected chi connectivity index (χ1v) is 9.00. The molecule has 4 aliphatic rings. The predicted octanol–water partition coefficient (Wildman–Crippen LogP) is 2.83. The number of aromatic nitrogens is 2. The molecule has 4 aliphatic carbocycles. The summed E-state index contributed by atoms with van der Waals surface area (Å²) in [5, 5.41) is 17.9. The van der Waals surface area contributed by atoms with E-state index < -0.39 is 11.5 Å². The zero-order chi connectivity index (χ0) is 16.2. The van der Waals surface area contributed by atoms with Crippen molar-refractivity contribution in [3.05, 3.63) is 18.0 Å². The van der Waals surface area contributed by atoms with Gasteiger partial charge in [-0.15, -0.1) is 0 Å². The second-order valence-corrected chi connectivity index (χ2v) is 8.25. The van der Waals surface area contributed by atoms with Gasteiger partial charge in [0.2, 0.25) is 0 Å². The highest BCUT2D eigenvalue weighted by atomic mass is 16.4. The fourth-order valence-electron chi connectivity index (χ4n) is 5.64. The topological polar surface area (TPSA) is 67.2 Å². The second-order valence-electron chi connectivity index (χ2n) is 8.25. The Hall–Kier alpha value is -1.36. The largest absolute Gasteiger partial charge is 0.480 e. The van der Waals surface area contributed by atoms with Crippen molar-refractivity contribution in [1.82, 2.24) is 15.1 Å². The van der Waals surface area contributed by atoms with Gasteiger partial charge in [0.15, 0.2) is 0 Å². The highest BCUT2D eigenvalue weighted by molar-refractivity contribution is 5.80. The molecular weight excluding hydrogens is 290 g/mol. The zero-order valence-corrected chi connectivity index (χ0v) is 14.0. The van der Waals surface area contributed by atoms with E-state index in [0.29, 0.717) is 24.4 Å². The Morgan fingerprint density at radius 1 is 1.30 bits per heavy atom. The van der Waals surface area contributed by atoms with Crippen LogP contribution in [0.5, 0.6) is 0 Å². The third-order valence-electron chi connectivity index (χ3n) is 6.55. The summed E-state index contributed by atoms with van der Waals surface area (Å²) >= 11 is 0. The summed E-state index contributed by atoms with van der Waals surface area (Å²) in [5.74, 6) is 1.52. The summed E-state index contributed by atoms with van der Waals surface area (Å²) in [7, 11) is 0. The van der Waals surface area contributed by atoms with Gasteiger partial charge in [-0.3, -0.25) is 14.8 Å². The number of carboxylic acids is 1. The molecular formula is C18H27N3O2. The molecule has 4 saturated carbocycles. The Kier molecular flexibility index (Phi) is 3.52. The minimum absolute atomic E-state index is 0.302. The number of carboxylic acid groups (broad SMARTS) is 1. The minimum Gasteiger partial charge on any atom is -0.480 e. The van der Waals surface area contributed by atoms with Gasteiger partial charge in [-0.2, -0.15) is 5.10 Å². The summed E-state index contributed by atoms with van der Waals surface area (Å²) in [6.45, 7) is 4.79. The molecule has 1 aromatic rings. The van der Waals surface area contributed by atoms with E-state index in [1.165, 1.54) is 6.42 Å². The molecule has 1 heterocycles. The predicted molar refractivity (Wildman–Crippen MR) is 86.9 cm³/mol. The summed E-state index contributed by atoms with van der Waals surface area (Å²) in [4.78, 5) is 12.3. The maximum Gasteiger partial charge on any atom is 0.324 e. The molecule has 0 aliphatic heterocycles. The lowest BCUT2D eigenvalue weighted by atomic mass is 9.48. The molecule has 5 rings (SSSR count). The number of carbonyl (C=O) groups is 1. The fraction of sp³-hybridized carbons (Fsp3) is 0.778. The molecule has 0 saturated heterocycles. The van der Waals surface area contributed by atoms with Crippen LogP contribution in [0.4, 0.5) is 0 Å². The van der Waals surface area contributed by atoms with Crippen molar-refractivity contribution in [3.8, 4) is 0 Å². The maximum atomic E-state index is 12.3. The number of aliphatic carboxylic acids is 1. The van der Waals surface area contributed by atoms with Gasteiger partial charge in [-0.05, 0) is 69.6 Å². The van der Waals surface area contributed by atoms with Gasteiger partial charge in [-0.25, -0.2) is 0 Å². The molecule has 126 valence electrons. The Balaban J connectivity index is 1.55. The van der Waals surface area contributed by atoms with Crippen molar-refractivity contribution in [3.63, 3.8) is 0 Å². The Bertz CT molecular complexity index is 579. The van der Waals surface area contributed by atoms with E-state index in [-0.39, 0.29) is 0 Å². The lowest BCUT2D eigenvalue weighted by Gasteiger charge is -2.59. The average Bonchev–Trinajstić information content (AvgIpc) is 2.95. The monoisotopic (exact) mass is 317 g/mol. The van der Waals surface area contributed by atoms with Gasteiger partial charge in [-0.1, -0.05) is 0 Å². The molecule has 2 N–H and O–H groups in total. The maximum absolute atomic E-state index is 12.3. The summed E-state index contributed by atoms with van der Waals surface area (Å²) in [6, 6.07) is 0.332. The molecule has 0 aromatic carbocycles. The Labute approximate surface area is 137 Å². The smallest absolute Gasteiger partial charge is 0.324 e. The van der Waals surface area contributed by atoms with Gasteiger partial charge < -0.3 is 5.11 Å². The molecule has 5 nitrogen and oxygen atoms in total. The van der Waals surface area contributed by atoms with Gasteiger partial charge in [0.05, 0.1) is 6.20 Å². The first-order chi connectivity index (χ1) is 11.0. The Morgan fingerprint density at radius 3 is 2.39 bits per heavy atom. The first-order valence-electron chi connectivity index (χ1n) is 9.00. The van der Waals surface area contributed by atoms with E-state index in [0.717, 1.165) is 43.1 Å². The van der Waals surface area contributed by atoms with Gasteiger partial charge in [0.25, 0.3) is 0 Å². The van der Waals surface area contributed by atoms with Crippen LogP contribution >= 0.6 is 0 Å². The first kappa shape index (κ1) is 15.2. The highest BCUT2D eigenvalue weighted by Gasteiger charge is 2.61. The lowest BCUT2D eigenvalue weighted by molar-refractivity contribution is -0.165.